The third-order valence-corrected chi connectivity index (χ3v) is 2.59. The molecule has 3 N–H and O–H groups in total. The van der Waals surface area contributed by atoms with Crippen molar-refractivity contribution in [3.63, 3.8) is 0 Å². The first-order valence-electron chi connectivity index (χ1n) is 3.89. The second-order valence-electron chi connectivity index (χ2n) is 3.04. The molecule has 3 nitrogen and oxygen atoms in total. The first kappa shape index (κ1) is 11.5. The van der Waals surface area contributed by atoms with Crippen LogP contribution in [0.5, 0.6) is 0 Å². The lowest BCUT2D eigenvalue weighted by Gasteiger charge is -2.08. The monoisotopic (exact) mass is 233 g/mol. The average Bonchev–Trinajstić information content (AvgIpc) is 2.33. The zero-order chi connectivity index (χ0) is 9.59. The largest absolute Gasteiger partial charge is 0.383 e. The van der Waals surface area contributed by atoms with Crippen molar-refractivity contribution in [3.05, 3.63) is 34.3 Å². The van der Waals surface area contributed by atoms with Crippen LogP contribution in [0.2, 0.25) is 5.02 Å². The Balaban J connectivity index is 0.000000980. The van der Waals surface area contributed by atoms with Gasteiger partial charge in [-0.25, -0.2) is 0 Å². The van der Waals surface area contributed by atoms with E-state index in [1.165, 1.54) is 0 Å². The number of carbonyl (C=O) groups is 1. The molecule has 14 heavy (non-hydrogen) atoms. The maximum absolute atomic E-state index is 11.4. The summed E-state index contributed by atoms with van der Waals surface area (Å²) in [4.78, 5) is 11.4. The number of hydrogen-bond donors (Lipinski definition) is 2. The lowest BCUT2D eigenvalue weighted by molar-refractivity contribution is 0.0736. The molecule has 0 fully saturated rings. The highest BCUT2D eigenvalue weighted by molar-refractivity contribution is 6.32. The van der Waals surface area contributed by atoms with Crippen LogP contribution in [0.15, 0.2) is 18.2 Å². The average molecular weight is 234 g/mol. The molecule has 5 heteroatoms. The van der Waals surface area contributed by atoms with Crippen LogP contribution in [0.4, 0.5) is 0 Å². The number of rotatable bonds is 0. The van der Waals surface area contributed by atoms with E-state index >= 15 is 0 Å². The van der Waals surface area contributed by atoms with E-state index in [0.717, 1.165) is 0 Å². The van der Waals surface area contributed by atoms with Crippen LogP contribution in [0, 0.1) is 0 Å². The van der Waals surface area contributed by atoms with Crippen molar-refractivity contribution >= 4 is 29.8 Å². The molecule has 0 saturated heterocycles. The summed E-state index contributed by atoms with van der Waals surface area (Å²) in [7, 11) is 0. The summed E-state index contributed by atoms with van der Waals surface area (Å²) >= 11 is 5.85. The molecular formula is C9H9Cl2NO2. The van der Waals surface area contributed by atoms with Gasteiger partial charge in [-0.2, -0.15) is 0 Å². The molecule has 0 amide bonds. The summed E-state index contributed by atoms with van der Waals surface area (Å²) in [6, 6.07) is 4.27. The molecule has 0 aliphatic heterocycles. The zero-order valence-corrected chi connectivity index (χ0v) is 8.68. The molecule has 0 heterocycles. The SMILES string of the molecule is Cl.NC1c2c(Cl)cccc2C(=O)C1O. The number of fused-ring (bicyclic) bond motifs is 1. The fraction of sp³-hybridized carbons (Fsp3) is 0.222. The van der Waals surface area contributed by atoms with E-state index in [2.05, 4.69) is 0 Å². The number of Topliss-reactive ketones (excluding diaryl/α,β-unsaturated/α-hetero) is 1. The van der Waals surface area contributed by atoms with Crippen molar-refractivity contribution < 1.29 is 9.90 Å². The van der Waals surface area contributed by atoms with E-state index in [4.69, 9.17) is 17.3 Å². The molecule has 1 aliphatic rings. The van der Waals surface area contributed by atoms with E-state index in [-0.39, 0.29) is 18.2 Å². The van der Waals surface area contributed by atoms with E-state index in [1.807, 2.05) is 0 Å². The highest BCUT2D eigenvalue weighted by Gasteiger charge is 2.37. The van der Waals surface area contributed by atoms with Gasteiger partial charge in [0, 0.05) is 16.1 Å². The second kappa shape index (κ2) is 3.87. The third-order valence-electron chi connectivity index (χ3n) is 2.26. The topological polar surface area (TPSA) is 63.3 Å². The fourth-order valence-corrected chi connectivity index (χ4v) is 1.87. The molecule has 0 aromatic heterocycles. The van der Waals surface area contributed by atoms with Gasteiger partial charge < -0.3 is 10.8 Å². The van der Waals surface area contributed by atoms with Crippen molar-refractivity contribution in [2.75, 3.05) is 0 Å². The predicted octanol–water partition coefficient (Wildman–Crippen LogP) is 1.32. The summed E-state index contributed by atoms with van der Waals surface area (Å²) in [6.07, 6.45) is -1.14. The zero-order valence-electron chi connectivity index (χ0n) is 7.11. The molecule has 0 spiro atoms. The standard InChI is InChI=1S/C9H8ClNO2.ClH/c10-5-3-1-2-4-6(5)7(11)9(13)8(4)12;/h1-3,7,9,13H,11H2;1H. The van der Waals surface area contributed by atoms with Crippen molar-refractivity contribution in [1.82, 2.24) is 0 Å². The Hall–Kier alpha value is -0.610. The van der Waals surface area contributed by atoms with Gasteiger partial charge in [0.05, 0.1) is 6.04 Å². The minimum atomic E-state index is -1.14. The molecule has 0 bridgehead atoms. The van der Waals surface area contributed by atoms with Gasteiger partial charge in [-0.3, -0.25) is 4.79 Å². The van der Waals surface area contributed by atoms with Crippen LogP contribution in [0.25, 0.3) is 0 Å². The van der Waals surface area contributed by atoms with Gasteiger partial charge in [-0.1, -0.05) is 23.7 Å². The number of hydrogen-bond acceptors (Lipinski definition) is 3. The number of aliphatic hydroxyl groups is 1. The van der Waals surface area contributed by atoms with Crippen molar-refractivity contribution in [2.24, 2.45) is 5.73 Å². The number of ketones is 1. The summed E-state index contributed by atoms with van der Waals surface area (Å²) < 4.78 is 0. The van der Waals surface area contributed by atoms with Crippen LogP contribution in [-0.2, 0) is 0 Å². The lowest BCUT2D eigenvalue weighted by atomic mass is 10.1. The molecule has 0 radical (unpaired) electrons. The first-order valence-corrected chi connectivity index (χ1v) is 4.27. The molecular weight excluding hydrogens is 225 g/mol. The van der Waals surface area contributed by atoms with Gasteiger partial charge in [-0.15, -0.1) is 12.4 Å². The number of halogens is 2. The molecule has 76 valence electrons. The van der Waals surface area contributed by atoms with Crippen LogP contribution in [0.1, 0.15) is 22.0 Å². The quantitative estimate of drug-likeness (QED) is 0.711. The Labute approximate surface area is 92.3 Å². The van der Waals surface area contributed by atoms with Crippen LogP contribution in [-0.4, -0.2) is 17.0 Å². The highest BCUT2D eigenvalue weighted by Crippen LogP contribution is 2.34. The van der Waals surface area contributed by atoms with E-state index in [9.17, 15) is 9.90 Å². The predicted molar refractivity (Wildman–Crippen MR) is 56.0 cm³/mol. The van der Waals surface area contributed by atoms with Crippen LogP contribution < -0.4 is 5.73 Å². The summed E-state index contributed by atoms with van der Waals surface area (Å²) in [5.41, 5.74) is 6.62. The maximum Gasteiger partial charge on any atom is 0.193 e. The Kier molecular flexibility index (Phi) is 3.17. The molecule has 0 saturated carbocycles. The minimum absolute atomic E-state index is 0. The summed E-state index contributed by atoms with van der Waals surface area (Å²) in [5, 5.41) is 9.82. The van der Waals surface area contributed by atoms with Crippen molar-refractivity contribution in [2.45, 2.75) is 12.1 Å². The molecule has 2 unspecified atom stereocenters. The maximum atomic E-state index is 11.4. The first-order chi connectivity index (χ1) is 6.13. The Morgan fingerprint density at radius 2 is 2.07 bits per heavy atom. The van der Waals surface area contributed by atoms with Gasteiger partial charge >= 0.3 is 0 Å². The molecule has 1 aliphatic carbocycles. The molecule has 1 aromatic carbocycles. The van der Waals surface area contributed by atoms with Gasteiger partial charge in [-0.05, 0) is 6.07 Å². The Morgan fingerprint density at radius 1 is 1.43 bits per heavy atom. The highest BCUT2D eigenvalue weighted by atomic mass is 35.5. The van der Waals surface area contributed by atoms with Gasteiger partial charge in [0.25, 0.3) is 0 Å². The van der Waals surface area contributed by atoms with Crippen LogP contribution >= 0.6 is 24.0 Å². The molecule has 2 rings (SSSR count). The lowest BCUT2D eigenvalue weighted by Crippen LogP contribution is -2.25. The van der Waals surface area contributed by atoms with Crippen molar-refractivity contribution in [1.29, 1.82) is 0 Å². The van der Waals surface area contributed by atoms with Crippen molar-refractivity contribution in [3.8, 4) is 0 Å². The smallest absolute Gasteiger partial charge is 0.193 e. The number of carbonyl (C=O) groups excluding carboxylic acids is 1. The number of nitrogens with two attached hydrogens (primary N) is 1. The van der Waals surface area contributed by atoms with E-state index in [0.29, 0.717) is 16.1 Å². The van der Waals surface area contributed by atoms with Gasteiger partial charge in [0.15, 0.2) is 5.78 Å². The Morgan fingerprint density at radius 3 is 2.64 bits per heavy atom. The molecule has 1 aromatic rings. The fourth-order valence-electron chi connectivity index (χ4n) is 1.57. The molecule has 2 atom stereocenters. The number of aliphatic hydroxyl groups excluding tert-OH is 1. The minimum Gasteiger partial charge on any atom is -0.383 e. The van der Waals surface area contributed by atoms with Crippen LogP contribution in [0.3, 0.4) is 0 Å². The second-order valence-corrected chi connectivity index (χ2v) is 3.44. The van der Waals surface area contributed by atoms with Gasteiger partial charge in [0.1, 0.15) is 6.10 Å². The van der Waals surface area contributed by atoms with E-state index in [1.54, 1.807) is 18.2 Å². The normalized spacial score (nSPS) is 24.4. The summed E-state index contributed by atoms with van der Waals surface area (Å²) in [6.45, 7) is 0. The van der Waals surface area contributed by atoms with E-state index < -0.39 is 12.1 Å². The van der Waals surface area contributed by atoms with Gasteiger partial charge in [0.2, 0.25) is 0 Å². The number of benzene rings is 1. The summed E-state index contributed by atoms with van der Waals surface area (Å²) in [5.74, 6) is -0.343. The third kappa shape index (κ3) is 1.42. The Bertz CT molecular complexity index is 381.